The average Bonchev–Trinajstić information content (AvgIpc) is 2.87. The first-order chi connectivity index (χ1) is 16.5. The van der Waals surface area contributed by atoms with Gasteiger partial charge in [-0.3, -0.25) is 5.32 Å². The second-order valence-electron chi connectivity index (χ2n) is 7.86. The molecular weight excluding hydrogens is 438 g/mol. The molecule has 1 aliphatic heterocycles. The van der Waals surface area contributed by atoms with Gasteiger partial charge in [0.25, 0.3) is 5.88 Å². The molecule has 0 atom stereocenters. The lowest BCUT2D eigenvalue weighted by atomic mass is 10.2. The Kier molecular flexibility index (Phi) is 6.76. The maximum Gasteiger partial charge on any atom is 0.323 e. The van der Waals surface area contributed by atoms with Crippen molar-refractivity contribution < 1.29 is 23.7 Å². The van der Waals surface area contributed by atoms with E-state index < -0.39 is 0 Å². The van der Waals surface area contributed by atoms with Gasteiger partial charge in [-0.25, -0.2) is 14.8 Å². The molecule has 0 unspecified atom stereocenters. The van der Waals surface area contributed by atoms with Gasteiger partial charge in [-0.1, -0.05) is 6.07 Å². The van der Waals surface area contributed by atoms with Crippen LogP contribution in [0.25, 0.3) is 11.0 Å². The van der Waals surface area contributed by atoms with E-state index in [1.54, 1.807) is 26.2 Å². The summed E-state index contributed by atoms with van der Waals surface area (Å²) < 4.78 is 21.7. The number of amides is 2. The number of nitrogens with one attached hydrogen (secondary N) is 1. The van der Waals surface area contributed by atoms with E-state index in [-0.39, 0.29) is 11.9 Å². The van der Waals surface area contributed by atoms with Crippen LogP contribution in [0.3, 0.4) is 0 Å². The minimum atomic E-state index is -0.247. The molecule has 0 saturated carbocycles. The Labute approximate surface area is 198 Å². The van der Waals surface area contributed by atoms with E-state index in [1.807, 2.05) is 37.3 Å². The fourth-order valence-corrected chi connectivity index (χ4v) is 3.97. The third kappa shape index (κ3) is 4.57. The number of carbonyl (C=O) groups is 1. The molecular formula is C24H29N5O5. The van der Waals surface area contributed by atoms with Crippen LogP contribution >= 0.6 is 0 Å². The number of rotatable bonds is 6. The summed E-state index contributed by atoms with van der Waals surface area (Å²) in [4.78, 5) is 25.9. The first-order valence-corrected chi connectivity index (χ1v) is 10.9. The highest BCUT2D eigenvalue weighted by molar-refractivity contribution is 5.91. The minimum absolute atomic E-state index is 0.247. The van der Waals surface area contributed by atoms with E-state index in [0.717, 1.165) is 11.3 Å². The molecule has 0 bridgehead atoms. The largest absolute Gasteiger partial charge is 0.493 e. The zero-order valence-corrected chi connectivity index (χ0v) is 20.0. The summed E-state index contributed by atoms with van der Waals surface area (Å²) in [5, 5.41) is 2.86. The molecule has 1 saturated heterocycles. The lowest BCUT2D eigenvalue weighted by Gasteiger charge is -2.36. The van der Waals surface area contributed by atoms with Crippen molar-refractivity contribution in [1.29, 1.82) is 0 Å². The van der Waals surface area contributed by atoms with E-state index in [1.165, 1.54) is 7.11 Å². The summed E-state index contributed by atoms with van der Waals surface area (Å²) in [6.45, 7) is 4.34. The Balaban J connectivity index is 1.46. The molecule has 2 amide bonds. The molecule has 4 rings (SSSR count). The van der Waals surface area contributed by atoms with Gasteiger partial charge in [0.05, 0.1) is 39.5 Å². The molecule has 1 N–H and O–H groups in total. The molecule has 1 fully saturated rings. The topological polar surface area (TPSA) is 98.3 Å². The van der Waals surface area contributed by atoms with Crippen LogP contribution in [0, 0.1) is 6.92 Å². The Hall–Kier alpha value is -3.95. The highest BCUT2D eigenvalue weighted by Crippen LogP contribution is 2.41. The maximum atomic E-state index is 13.0. The Morgan fingerprint density at radius 2 is 1.53 bits per heavy atom. The second kappa shape index (κ2) is 9.90. The number of urea groups is 1. The zero-order valence-electron chi connectivity index (χ0n) is 20.0. The van der Waals surface area contributed by atoms with Crippen LogP contribution < -0.4 is 29.2 Å². The molecule has 0 radical (unpaired) electrons. The molecule has 3 aromatic rings. The zero-order chi connectivity index (χ0) is 24.2. The van der Waals surface area contributed by atoms with E-state index in [4.69, 9.17) is 18.9 Å². The van der Waals surface area contributed by atoms with E-state index in [9.17, 15) is 4.79 Å². The van der Waals surface area contributed by atoms with E-state index in [2.05, 4.69) is 20.2 Å². The van der Waals surface area contributed by atoms with Crippen LogP contribution in [0.1, 0.15) is 5.56 Å². The normalized spacial score (nSPS) is 13.6. The number of aromatic nitrogens is 2. The van der Waals surface area contributed by atoms with Crippen LogP contribution in [0.2, 0.25) is 0 Å². The van der Waals surface area contributed by atoms with Crippen LogP contribution in [-0.4, -0.2) is 75.5 Å². The number of ether oxygens (including phenoxy) is 4. The Bertz CT molecular complexity index is 1170. The third-order valence-electron chi connectivity index (χ3n) is 5.79. The predicted molar refractivity (Wildman–Crippen MR) is 130 cm³/mol. The summed E-state index contributed by atoms with van der Waals surface area (Å²) >= 11 is 0. The number of piperazine rings is 1. The first-order valence-electron chi connectivity index (χ1n) is 10.9. The highest BCUT2D eigenvalue weighted by Gasteiger charge is 2.25. The number of carbonyl (C=O) groups excluding carboxylic acids is 1. The van der Waals surface area contributed by atoms with Crippen molar-refractivity contribution in [3.63, 3.8) is 0 Å². The van der Waals surface area contributed by atoms with Crippen molar-refractivity contribution in [3.8, 4) is 23.1 Å². The molecule has 1 aliphatic rings. The number of anilines is 2. The van der Waals surface area contributed by atoms with Gasteiger partial charge in [0.15, 0.2) is 17.3 Å². The predicted octanol–water partition coefficient (Wildman–Crippen LogP) is 3.33. The standard InChI is InChI=1S/C24H29N5O5/c1-15-6-7-17-18(12-15)26-23(34-5)22(25-17)27-24(30)29-10-8-28(9-11-29)16-13-19(31-2)21(33-4)20(14-16)32-3/h6-7,12-14H,8-11H2,1-5H3,(H,25,27,30). The van der Waals surface area contributed by atoms with Crippen molar-refractivity contribution >= 4 is 28.6 Å². The minimum Gasteiger partial charge on any atom is -0.493 e. The SMILES string of the molecule is COc1cc(N2CCN(C(=O)Nc3nc4ccc(C)cc4nc3OC)CC2)cc(OC)c1OC. The molecule has 10 heteroatoms. The van der Waals surface area contributed by atoms with Crippen LogP contribution in [0.15, 0.2) is 30.3 Å². The number of fused-ring (bicyclic) bond motifs is 1. The Morgan fingerprint density at radius 3 is 2.12 bits per heavy atom. The number of methoxy groups -OCH3 is 4. The van der Waals surface area contributed by atoms with Gasteiger partial charge in [0.1, 0.15) is 0 Å². The van der Waals surface area contributed by atoms with Gasteiger partial charge in [-0.2, -0.15) is 0 Å². The monoisotopic (exact) mass is 467 g/mol. The van der Waals surface area contributed by atoms with E-state index in [0.29, 0.717) is 60.3 Å². The molecule has 180 valence electrons. The quantitative estimate of drug-likeness (QED) is 0.590. The van der Waals surface area contributed by atoms with Crippen molar-refractivity contribution in [2.75, 3.05) is 64.8 Å². The second-order valence-corrected chi connectivity index (χ2v) is 7.86. The molecule has 0 spiro atoms. The molecule has 2 aromatic carbocycles. The van der Waals surface area contributed by atoms with Gasteiger partial charge in [0, 0.05) is 44.0 Å². The maximum absolute atomic E-state index is 13.0. The third-order valence-corrected chi connectivity index (χ3v) is 5.79. The summed E-state index contributed by atoms with van der Waals surface area (Å²) in [6.07, 6.45) is 0. The number of hydrogen-bond acceptors (Lipinski definition) is 8. The average molecular weight is 468 g/mol. The lowest BCUT2D eigenvalue weighted by molar-refractivity contribution is 0.208. The van der Waals surface area contributed by atoms with Gasteiger partial charge in [0.2, 0.25) is 5.75 Å². The van der Waals surface area contributed by atoms with Crippen molar-refractivity contribution in [3.05, 3.63) is 35.9 Å². The fraction of sp³-hybridized carbons (Fsp3) is 0.375. The summed E-state index contributed by atoms with van der Waals surface area (Å²) in [5.74, 6) is 2.31. The molecule has 10 nitrogen and oxygen atoms in total. The van der Waals surface area contributed by atoms with Crippen molar-refractivity contribution in [1.82, 2.24) is 14.9 Å². The van der Waals surface area contributed by atoms with Crippen LogP contribution in [0.4, 0.5) is 16.3 Å². The highest BCUT2D eigenvalue weighted by atomic mass is 16.5. The summed E-state index contributed by atoms with van der Waals surface area (Å²) in [7, 11) is 6.27. The number of hydrogen-bond donors (Lipinski definition) is 1. The van der Waals surface area contributed by atoms with Gasteiger partial charge in [-0.05, 0) is 24.6 Å². The summed E-state index contributed by atoms with van der Waals surface area (Å²) in [6, 6.07) is 9.34. The lowest BCUT2D eigenvalue weighted by Crippen LogP contribution is -2.50. The van der Waals surface area contributed by atoms with Crippen LogP contribution in [0.5, 0.6) is 23.1 Å². The molecule has 1 aromatic heterocycles. The van der Waals surface area contributed by atoms with Crippen LogP contribution in [-0.2, 0) is 0 Å². The number of nitrogens with zero attached hydrogens (tertiary/aromatic N) is 4. The van der Waals surface area contributed by atoms with Gasteiger partial charge >= 0.3 is 6.03 Å². The fourth-order valence-electron chi connectivity index (χ4n) is 3.97. The molecule has 2 heterocycles. The van der Waals surface area contributed by atoms with Crippen molar-refractivity contribution in [2.45, 2.75) is 6.92 Å². The first kappa shape index (κ1) is 23.2. The number of aryl methyl sites for hydroxylation is 1. The van der Waals surface area contributed by atoms with E-state index >= 15 is 0 Å². The van der Waals surface area contributed by atoms with Crippen molar-refractivity contribution in [2.24, 2.45) is 0 Å². The molecule has 34 heavy (non-hydrogen) atoms. The Morgan fingerprint density at radius 1 is 0.853 bits per heavy atom. The number of benzene rings is 2. The van der Waals surface area contributed by atoms with Gasteiger partial charge < -0.3 is 28.7 Å². The van der Waals surface area contributed by atoms with Gasteiger partial charge in [-0.15, -0.1) is 0 Å². The summed E-state index contributed by atoms with van der Waals surface area (Å²) in [5.41, 5.74) is 3.42. The molecule has 0 aliphatic carbocycles. The smallest absolute Gasteiger partial charge is 0.323 e.